The SMILES string of the molecule is CC1(C2(N)CCC(O)CC2)COC1. The average molecular weight is 185 g/mol. The van der Waals surface area contributed by atoms with Gasteiger partial charge in [0, 0.05) is 11.0 Å². The molecule has 1 saturated carbocycles. The zero-order valence-electron chi connectivity index (χ0n) is 8.25. The van der Waals surface area contributed by atoms with Gasteiger partial charge < -0.3 is 15.6 Å². The molecule has 0 aromatic rings. The molecule has 0 aromatic carbocycles. The normalized spacial score (nSPS) is 44.1. The van der Waals surface area contributed by atoms with Crippen molar-refractivity contribution in [1.82, 2.24) is 0 Å². The molecule has 0 radical (unpaired) electrons. The Morgan fingerprint density at radius 1 is 1.31 bits per heavy atom. The molecule has 76 valence electrons. The van der Waals surface area contributed by atoms with Crippen LogP contribution >= 0.6 is 0 Å². The van der Waals surface area contributed by atoms with Crippen molar-refractivity contribution in [3.63, 3.8) is 0 Å². The fraction of sp³-hybridized carbons (Fsp3) is 1.00. The Morgan fingerprint density at radius 3 is 2.23 bits per heavy atom. The van der Waals surface area contributed by atoms with E-state index >= 15 is 0 Å². The molecule has 2 aliphatic rings. The van der Waals surface area contributed by atoms with Gasteiger partial charge in [0.05, 0.1) is 19.3 Å². The molecule has 3 nitrogen and oxygen atoms in total. The molecule has 0 unspecified atom stereocenters. The van der Waals surface area contributed by atoms with Crippen LogP contribution in [0.25, 0.3) is 0 Å². The molecule has 0 spiro atoms. The van der Waals surface area contributed by atoms with Gasteiger partial charge in [-0.15, -0.1) is 0 Å². The van der Waals surface area contributed by atoms with Gasteiger partial charge in [0.2, 0.25) is 0 Å². The molecule has 1 aliphatic carbocycles. The molecule has 3 heteroatoms. The Labute approximate surface area is 79.3 Å². The molecule has 1 aliphatic heterocycles. The van der Waals surface area contributed by atoms with Crippen LogP contribution < -0.4 is 5.73 Å². The Balaban J connectivity index is 2.03. The van der Waals surface area contributed by atoms with E-state index in [1.54, 1.807) is 0 Å². The van der Waals surface area contributed by atoms with E-state index in [1.165, 1.54) is 0 Å². The van der Waals surface area contributed by atoms with Crippen LogP contribution in [-0.4, -0.2) is 30.0 Å². The maximum absolute atomic E-state index is 9.41. The van der Waals surface area contributed by atoms with Crippen molar-refractivity contribution in [2.45, 2.75) is 44.2 Å². The van der Waals surface area contributed by atoms with Gasteiger partial charge in [0.25, 0.3) is 0 Å². The molecule has 0 bridgehead atoms. The van der Waals surface area contributed by atoms with Crippen molar-refractivity contribution in [1.29, 1.82) is 0 Å². The first kappa shape index (κ1) is 9.44. The molecule has 0 amide bonds. The van der Waals surface area contributed by atoms with Crippen LogP contribution in [-0.2, 0) is 4.74 Å². The van der Waals surface area contributed by atoms with Gasteiger partial charge >= 0.3 is 0 Å². The molecular weight excluding hydrogens is 166 g/mol. The number of nitrogens with two attached hydrogens (primary N) is 1. The summed E-state index contributed by atoms with van der Waals surface area (Å²) in [6, 6.07) is 0. The van der Waals surface area contributed by atoms with Crippen LogP contribution in [0.1, 0.15) is 32.6 Å². The second-order valence-corrected chi connectivity index (χ2v) is 4.94. The van der Waals surface area contributed by atoms with E-state index in [4.69, 9.17) is 10.5 Å². The van der Waals surface area contributed by atoms with Gasteiger partial charge in [-0.05, 0) is 25.7 Å². The lowest BCUT2D eigenvalue weighted by Crippen LogP contribution is -2.64. The highest BCUT2D eigenvalue weighted by Crippen LogP contribution is 2.44. The fourth-order valence-electron chi connectivity index (χ4n) is 2.42. The predicted molar refractivity (Wildman–Crippen MR) is 50.3 cm³/mol. The van der Waals surface area contributed by atoms with Crippen molar-refractivity contribution in [3.05, 3.63) is 0 Å². The maximum Gasteiger partial charge on any atom is 0.0559 e. The Kier molecular flexibility index (Phi) is 2.13. The van der Waals surface area contributed by atoms with E-state index in [1.807, 2.05) is 0 Å². The monoisotopic (exact) mass is 185 g/mol. The first-order chi connectivity index (χ1) is 6.06. The summed E-state index contributed by atoms with van der Waals surface area (Å²) in [5.41, 5.74) is 6.44. The van der Waals surface area contributed by atoms with E-state index in [9.17, 15) is 5.11 Å². The van der Waals surface area contributed by atoms with E-state index in [-0.39, 0.29) is 17.1 Å². The molecule has 0 atom stereocenters. The topological polar surface area (TPSA) is 55.5 Å². The molecule has 2 rings (SSSR count). The molecule has 0 aromatic heterocycles. The van der Waals surface area contributed by atoms with Crippen LogP contribution in [0.2, 0.25) is 0 Å². The smallest absolute Gasteiger partial charge is 0.0559 e. The molecule has 1 saturated heterocycles. The van der Waals surface area contributed by atoms with Crippen LogP contribution in [0, 0.1) is 5.41 Å². The summed E-state index contributed by atoms with van der Waals surface area (Å²) in [5, 5.41) is 9.41. The second kappa shape index (κ2) is 2.94. The average Bonchev–Trinajstić information content (AvgIpc) is 2.06. The summed E-state index contributed by atoms with van der Waals surface area (Å²) in [7, 11) is 0. The predicted octanol–water partition coefficient (Wildman–Crippen LogP) is 0.655. The van der Waals surface area contributed by atoms with Gasteiger partial charge in [-0.2, -0.15) is 0 Å². The van der Waals surface area contributed by atoms with E-state index < -0.39 is 0 Å². The van der Waals surface area contributed by atoms with Crippen LogP contribution in [0.5, 0.6) is 0 Å². The lowest BCUT2D eigenvalue weighted by molar-refractivity contribution is -0.155. The van der Waals surface area contributed by atoms with E-state index in [0.717, 1.165) is 38.9 Å². The van der Waals surface area contributed by atoms with Crippen molar-refractivity contribution >= 4 is 0 Å². The maximum atomic E-state index is 9.41. The number of hydrogen-bond donors (Lipinski definition) is 2. The number of rotatable bonds is 1. The molecular formula is C10H19NO2. The number of aliphatic hydroxyl groups excluding tert-OH is 1. The van der Waals surface area contributed by atoms with Gasteiger partial charge in [-0.3, -0.25) is 0 Å². The minimum absolute atomic E-state index is 0.0928. The zero-order valence-corrected chi connectivity index (χ0v) is 8.25. The van der Waals surface area contributed by atoms with Crippen LogP contribution in [0.4, 0.5) is 0 Å². The Morgan fingerprint density at radius 2 is 1.85 bits per heavy atom. The summed E-state index contributed by atoms with van der Waals surface area (Å²) < 4.78 is 5.24. The fourth-order valence-corrected chi connectivity index (χ4v) is 2.42. The largest absolute Gasteiger partial charge is 0.393 e. The second-order valence-electron chi connectivity index (χ2n) is 4.94. The van der Waals surface area contributed by atoms with Gasteiger partial charge in [-0.25, -0.2) is 0 Å². The zero-order chi connectivity index (χ0) is 9.53. The van der Waals surface area contributed by atoms with Crippen molar-refractivity contribution in [3.8, 4) is 0 Å². The standard InChI is InChI=1S/C10H19NO2/c1-9(6-13-7-9)10(11)4-2-8(12)3-5-10/h8,12H,2-7,11H2,1H3. The van der Waals surface area contributed by atoms with Gasteiger partial charge in [-0.1, -0.05) is 6.92 Å². The minimum atomic E-state index is -0.124. The highest BCUT2D eigenvalue weighted by atomic mass is 16.5. The quantitative estimate of drug-likeness (QED) is 0.631. The summed E-state index contributed by atoms with van der Waals surface area (Å²) in [5.74, 6) is 0. The van der Waals surface area contributed by atoms with Gasteiger partial charge in [0.1, 0.15) is 0 Å². The number of hydrogen-bond acceptors (Lipinski definition) is 3. The highest BCUT2D eigenvalue weighted by molar-refractivity contribution is 5.05. The summed E-state index contributed by atoms with van der Waals surface area (Å²) in [6.45, 7) is 3.79. The van der Waals surface area contributed by atoms with E-state index in [0.29, 0.717) is 0 Å². The first-order valence-corrected chi connectivity index (χ1v) is 5.10. The minimum Gasteiger partial charge on any atom is -0.393 e. The van der Waals surface area contributed by atoms with E-state index in [2.05, 4.69) is 6.92 Å². The number of ether oxygens (including phenoxy) is 1. The third-order valence-electron chi connectivity index (χ3n) is 3.89. The first-order valence-electron chi connectivity index (χ1n) is 5.10. The lowest BCUT2D eigenvalue weighted by atomic mass is 9.62. The van der Waals surface area contributed by atoms with Gasteiger partial charge in [0.15, 0.2) is 0 Å². The molecule has 3 N–H and O–H groups in total. The van der Waals surface area contributed by atoms with Crippen LogP contribution in [0.3, 0.4) is 0 Å². The molecule has 2 fully saturated rings. The third kappa shape index (κ3) is 1.39. The third-order valence-corrected chi connectivity index (χ3v) is 3.89. The summed E-state index contributed by atoms with van der Waals surface area (Å²) in [6.07, 6.45) is 3.46. The lowest BCUT2D eigenvalue weighted by Gasteiger charge is -2.53. The number of aliphatic hydroxyl groups is 1. The van der Waals surface area contributed by atoms with Crippen LogP contribution in [0.15, 0.2) is 0 Å². The van der Waals surface area contributed by atoms with Crippen molar-refractivity contribution in [2.75, 3.05) is 13.2 Å². The summed E-state index contributed by atoms with van der Waals surface area (Å²) in [4.78, 5) is 0. The molecule has 1 heterocycles. The molecule has 13 heavy (non-hydrogen) atoms. The Hall–Kier alpha value is -0.120. The van der Waals surface area contributed by atoms with Crippen molar-refractivity contribution in [2.24, 2.45) is 11.1 Å². The highest BCUT2D eigenvalue weighted by Gasteiger charge is 2.51. The Bertz CT molecular complexity index is 193. The van der Waals surface area contributed by atoms with Crippen molar-refractivity contribution < 1.29 is 9.84 Å². The summed E-state index contributed by atoms with van der Waals surface area (Å²) >= 11 is 0.